The molecule has 0 aliphatic carbocycles. The first-order valence-electron chi connectivity index (χ1n) is 7.68. The van der Waals surface area contributed by atoms with E-state index in [1.165, 1.54) is 0 Å². The molecule has 3 rings (SSSR count). The highest BCUT2D eigenvalue weighted by atomic mass is 35.5. The lowest BCUT2D eigenvalue weighted by molar-refractivity contribution is -0.000893. The second kappa shape index (κ2) is 6.86. The van der Waals surface area contributed by atoms with E-state index in [0.29, 0.717) is 16.9 Å². The van der Waals surface area contributed by atoms with Gasteiger partial charge in [0, 0.05) is 35.9 Å². The lowest BCUT2D eigenvalue weighted by Gasteiger charge is -2.42. The number of nitrogens with zero attached hydrogens (tertiary/aromatic N) is 3. The van der Waals surface area contributed by atoms with E-state index in [0.717, 1.165) is 38.2 Å². The average molecular weight is 337 g/mol. The van der Waals surface area contributed by atoms with E-state index in [-0.39, 0.29) is 5.54 Å². The van der Waals surface area contributed by atoms with E-state index in [4.69, 9.17) is 20.9 Å². The highest BCUT2D eigenvalue weighted by Crippen LogP contribution is 2.27. The van der Waals surface area contributed by atoms with Crippen LogP contribution in [0.1, 0.15) is 12.8 Å². The van der Waals surface area contributed by atoms with Crippen molar-refractivity contribution in [2.45, 2.75) is 18.4 Å². The summed E-state index contributed by atoms with van der Waals surface area (Å²) in [5.41, 5.74) is 0.923. The zero-order valence-corrected chi connectivity index (χ0v) is 14.1. The van der Waals surface area contributed by atoms with Crippen molar-refractivity contribution in [2.24, 2.45) is 0 Å². The van der Waals surface area contributed by atoms with Crippen LogP contribution in [-0.4, -0.2) is 54.4 Å². The van der Waals surface area contributed by atoms with Gasteiger partial charge in [0.05, 0.1) is 0 Å². The summed E-state index contributed by atoms with van der Waals surface area (Å²) in [5, 5.41) is 7.98. The minimum Gasteiger partial charge on any atom is -0.381 e. The molecule has 0 unspecified atom stereocenters. The Bertz CT molecular complexity index is 636. The molecule has 1 aromatic heterocycles. The summed E-state index contributed by atoms with van der Waals surface area (Å²) >= 11 is 5.89. The number of hydrogen-bond acceptors (Lipinski definition) is 6. The first-order chi connectivity index (χ1) is 11.1. The number of anilines is 1. The predicted molar refractivity (Wildman–Crippen MR) is 89.7 cm³/mol. The Labute approximate surface area is 140 Å². The fraction of sp³-hybridized carbons (Fsp3) is 0.500. The third-order valence-electron chi connectivity index (χ3n) is 4.47. The van der Waals surface area contributed by atoms with Crippen LogP contribution in [0.25, 0.3) is 11.4 Å². The number of nitrogens with one attached hydrogen (secondary N) is 1. The van der Waals surface area contributed by atoms with Crippen molar-refractivity contribution in [2.75, 3.05) is 39.2 Å². The Kier molecular flexibility index (Phi) is 4.84. The third-order valence-corrected chi connectivity index (χ3v) is 4.72. The fourth-order valence-electron chi connectivity index (χ4n) is 2.79. The van der Waals surface area contributed by atoms with Crippen LogP contribution in [0.4, 0.5) is 6.01 Å². The minimum atomic E-state index is 0.0488. The Balaban J connectivity index is 1.68. The van der Waals surface area contributed by atoms with Crippen LogP contribution >= 0.6 is 11.6 Å². The predicted octanol–water partition coefficient (Wildman–Crippen LogP) is 2.91. The van der Waals surface area contributed by atoms with Gasteiger partial charge in [0.25, 0.3) is 0 Å². The van der Waals surface area contributed by atoms with Gasteiger partial charge in [-0.15, -0.1) is 0 Å². The van der Waals surface area contributed by atoms with E-state index in [1.807, 2.05) is 24.3 Å². The number of hydrogen-bond donors (Lipinski definition) is 1. The number of halogens is 1. The lowest BCUT2D eigenvalue weighted by atomic mass is 9.88. The van der Waals surface area contributed by atoms with E-state index in [9.17, 15) is 0 Å². The van der Waals surface area contributed by atoms with E-state index in [2.05, 4.69) is 34.5 Å². The molecular weight excluding hydrogens is 316 g/mol. The minimum absolute atomic E-state index is 0.0488. The van der Waals surface area contributed by atoms with E-state index >= 15 is 0 Å². The highest BCUT2D eigenvalue weighted by Gasteiger charge is 2.35. The monoisotopic (exact) mass is 336 g/mol. The number of benzene rings is 1. The van der Waals surface area contributed by atoms with Crippen LogP contribution in [0.5, 0.6) is 0 Å². The summed E-state index contributed by atoms with van der Waals surface area (Å²) < 4.78 is 10.8. The second-order valence-corrected chi connectivity index (χ2v) is 6.45. The quantitative estimate of drug-likeness (QED) is 0.905. The Morgan fingerprint density at radius 1 is 1.22 bits per heavy atom. The van der Waals surface area contributed by atoms with Gasteiger partial charge in [-0.3, -0.25) is 0 Å². The maximum absolute atomic E-state index is 5.89. The molecule has 23 heavy (non-hydrogen) atoms. The normalized spacial score (nSPS) is 17.4. The summed E-state index contributed by atoms with van der Waals surface area (Å²) in [6.07, 6.45) is 1.95. The molecule has 1 aliphatic rings. The molecule has 2 heterocycles. The van der Waals surface area contributed by atoms with Gasteiger partial charge in [-0.1, -0.05) is 16.8 Å². The second-order valence-electron chi connectivity index (χ2n) is 6.01. The first kappa shape index (κ1) is 16.2. The summed E-state index contributed by atoms with van der Waals surface area (Å²) in [6, 6.07) is 7.79. The third kappa shape index (κ3) is 3.65. The molecule has 2 aromatic rings. The number of likely N-dealkylation sites (N-methyl/N-ethyl adjacent to an activating group) is 1. The van der Waals surface area contributed by atoms with Gasteiger partial charge < -0.3 is 19.5 Å². The van der Waals surface area contributed by atoms with Crippen LogP contribution in [0.2, 0.25) is 5.02 Å². The topological polar surface area (TPSA) is 63.4 Å². The number of ether oxygens (including phenoxy) is 1. The van der Waals surface area contributed by atoms with Gasteiger partial charge in [0.15, 0.2) is 0 Å². The van der Waals surface area contributed by atoms with Crippen molar-refractivity contribution >= 4 is 17.6 Å². The van der Waals surface area contributed by atoms with Gasteiger partial charge in [-0.2, -0.15) is 4.98 Å². The molecule has 6 nitrogen and oxygen atoms in total. The number of rotatable bonds is 5. The zero-order valence-electron chi connectivity index (χ0n) is 13.4. The zero-order chi connectivity index (χ0) is 16.3. The molecule has 0 saturated carbocycles. The highest BCUT2D eigenvalue weighted by molar-refractivity contribution is 6.30. The molecule has 1 saturated heterocycles. The van der Waals surface area contributed by atoms with Crippen molar-refractivity contribution in [3.63, 3.8) is 0 Å². The molecule has 0 spiro atoms. The lowest BCUT2D eigenvalue weighted by Crippen LogP contribution is -2.53. The largest absolute Gasteiger partial charge is 0.381 e. The van der Waals surface area contributed by atoms with Gasteiger partial charge in [0.2, 0.25) is 5.82 Å². The first-order valence-corrected chi connectivity index (χ1v) is 8.06. The van der Waals surface area contributed by atoms with Crippen LogP contribution < -0.4 is 5.32 Å². The van der Waals surface area contributed by atoms with Crippen molar-refractivity contribution in [3.05, 3.63) is 29.3 Å². The van der Waals surface area contributed by atoms with Crippen molar-refractivity contribution in [3.8, 4) is 11.4 Å². The molecule has 1 N–H and O–H groups in total. The van der Waals surface area contributed by atoms with E-state index in [1.54, 1.807) is 0 Å². The summed E-state index contributed by atoms with van der Waals surface area (Å²) in [7, 11) is 4.19. The molecule has 0 atom stereocenters. The number of aromatic nitrogens is 2. The van der Waals surface area contributed by atoms with Crippen molar-refractivity contribution < 1.29 is 9.26 Å². The maximum atomic E-state index is 5.89. The molecule has 1 fully saturated rings. The molecule has 0 radical (unpaired) electrons. The molecule has 0 bridgehead atoms. The Hall–Kier alpha value is -1.63. The Morgan fingerprint density at radius 2 is 1.91 bits per heavy atom. The van der Waals surface area contributed by atoms with Gasteiger partial charge >= 0.3 is 6.01 Å². The van der Waals surface area contributed by atoms with Crippen LogP contribution in [0, 0.1) is 0 Å². The van der Waals surface area contributed by atoms with Crippen LogP contribution in [-0.2, 0) is 4.74 Å². The van der Waals surface area contributed by atoms with Crippen molar-refractivity contribution in [1.29, 1.82) is 0 Å². The van der Waals surface area contributed by atoms with Gasteiger partial charge in [0.1, 0.15) is 0 Å². The average Bonchev–Trinajstić information content (AvgIpc) is 3.03. The van der Waals surface area contributed by atoms with Gasteiger partial charge in [-0.05, 0) is 51.2 Å². The standard InChI is InChI=1S/C16H21ClN4O2/c1-21(2)16(7-9-22-10-8-16)11-18-15-19-14(20-23-15)12-3-5-13(17)6-4-12/h3-6H,7-11H2,1-2H3,(H,18,19,20). The molecule has 0 amide bonds. The summed E-state index contributed by atoms with van der Waals surface area (Å²) in [4.78, 5) is 6.65. The smallest absolute Gasteiger partial charge is 0.321 e. The summed E-state index contributed by atoms with van der Waals surface area (Å²) in [5.74, 6) is 0.551. The molecule has 7 heteroatoms. The molecular formula is C16H21ClN4O2. The summed E-state index contributed by atoms with van der Waals surface area (Å²) in [6.45, 7) is 2.30. The van der Waals surface area contributed by atoms with Crippen molar-refractivity contribution in [1.82, 2.24) is 15.0 Å². The molecule has 1 aliphatic heterocycles. The molecule has 1 aromatic carbocycles. The molecule has 124 valence electrons. The van der Waals surface area contributed by atoms with Crippen LogP contribution in [0.3, 0.4) is 0 Å². The Morgan fingerprint density at radius 3 is 2.57 bits per heavy atom. The van der Waals surface area contributed by atoms with Crippen LogP contribution in [0.15, 0.2) is 28.8 Å². The maximum Gasteiger partial charge on any atom is 0.321 e. The van der Waals surface area contributed by atoms with Gasteiger partial charge in [-0.25, -0.2) is 0 Å². The SMILES string of the molecule is CN(C)C1(CNc2nc(-c3ccc(Cl)cc3)no2)CCOCC1. The van der Waals surface area contributed by atoms with E-state index < -0.39 is 0 Å². The fourth-order valence-corrected chi connectivity index (χ4v) is 2.91.